The van der Waals surface area contributed by atoms with Crippen molar-refractivity contribution < 1.29 is 9.59 Å². The molecule has 1 rings (SSSR count). The van der Waals surface area contributed by atoms with Crippen molar-refractivity contribution in [2.75, 3.05) is 13.1 Å². The second-order valence-electron chi connectivity index (χ2n) is 4.70. The van der Waals surface area contributed by atoms with Gasteiger partial charge in [-0.25, -0.2) is 0 Å². The number of hydrogen-bond donors (Lipinski definition) is 1. The summed E-state index contributed by atoms with van der Waals surface area (Å²) < 4.78 is 0. The maximum absolute atomic E-state index is 11.5. The van der Waals surface area contributed by atoms with Crippen molar-refractivity contribution in [2.45, 2.75) is 39.2 Å². The highest BCUT2D eigenvalue weighted by atomic mass is 16.2. The van der Waals surface area contributed by atoms with Gasteiger partial charge < -0.3 is 10.2 Å². The van der Waals surface area contributed by atoms with E-state index >= 15 is 0 Å². The van der Waals surface area contributed by atoms with Gasteiger partial charge in [0.05, 0.1) is 0 Å². The third kappa shape index (κ3) is 3.01. The Hall–Kier alpha value is -1.06. The lowest BCUT2D eigenvalue weighted by atomic mass is 10.1. The second-order valence-corrected chi connectivity index (χ2v) is 4.70. The average Bonchev–Trinajstić information content (AvgIpc) is 2.51. The Morgan fingerprint density at radius 2 is 1.64 bits per heavy atom. The molecule has 4 heteroatoms. The summed E-state index contributed by atoms with van der Waals surface area (Å²) in [6.07, 6.45) is 2.02. The molecule has 1 saturated heterocycles. The minimum Gasteiger partial charge on any atom is -0.343 e. The van der Waals surface area contributed by atoms with Gasteiger partial charge in [-0.1, -0.05) is 0 Å². The van der Waals surface area contributed by atoms with Gasteiger partial charge in [0.25, 0.3) is 0 Å². The molecule has 0 aromatic heterocycles. The number of nitrogens with one attached hydrogen (secondary N) is 1. The quantitative estimate of drug-likeness (QED) is 0.577. The van der Waals surface area contributed by atoms with E-state index in [1.54, 1.807) is 4.90 Å². The lowest BCUT2D eigenvalue weighted by Crippen LogP contribution is -2.48. The summed E-state index contributed by atoms with van der Waals surface area (Å²) in [5, 5.41) is 2.67. The standard InChI is InChI=1S/C10H18N2O2/c1-10(2,3)11-8(13)9(14)12-6-4-5-7-12/h4-7H2,1-3H3,(H,11,13). The lowest BCUT2D eigenvalue weighted by Gasteiger charge is -2.22. The summed E-state index contributed by atoms with van der Waals surface area (Å²) in [6.45, 7) is 7.03. The van der Waals surface area contributed by atoms with Crippen molar-refractivity contribution in [3.63, 3.8) is 0 Å². The van der Waals surface area contributed by atoms with Gasteiger partial charge in [-0.05, 0) is 33.6 Å². The first-order chi connectivity index (χ1) is 6.40. The van der Waals surface area contributed by atoms with Gasteiger partial charge in [-0.2, -0.15) is 0 Å². The average molecular weight is 198 g/mol. The van der Waals surface area contributed by atoms with E-state index in [0.717, 1.165) is 25.9 Å². The lowest BCUT2D eigenvalue weighted by molar-refractivity contribution is -0.145. The first-order valence-corrected chi connectivity index (χ1v) is 5.01. The number of carbonyl (C=O) groups is 2. The molecule has 1 fully saturated rings. The molecule has 1 aliphatic heterocycles. The molecule has 0 unspecified atom stereocenters. The van der Waals surface area contributed by atoms with Crippen LogP contribution in [0.4, 0.5) is 0 Å². The molecule has 1 N–H and O–H groups in total. The Kier molecular flexibility index (Phi) is 3.13. The Bertz CT molecular complexity index is 237. The van der Waals surface area contributed by atoms with Crippen molar-refractivity contribution in [1.29, 1.82) is 0 Å². The molecule has 0 spiro atoms. The zero-order valence-electron chi connectivity index (χ0n) is 9.09. The molecule has 80 valence electrons. The fourth-order valence-corrected chi connectivity index (χ4v) is 1.46. The molecular weight excluding hydrogens is 180 g/mol. The first kappa shape index (κ1) is 11.0. The smallest absolute Gasteiger partial charge is 0.311 e. The van der Waals surface area contributed by atoms with E-state index in [-0.39, 0.29) is 5.54 Å². The predicted molar refractivity (Wildman–Crippen MR) is 53.7 cm³/mol. The van der Waals surface area contributed by atoms with Gasteiger partial charge in [0.15, 0.2) is 0 Å². The molecule has 1 heterocycles. The summed E-state index contributed by atoms with van der Waals surface area (Å²) >= 11 is 0. The molecule has 2 amide bonds. The molecule has 0 aromatic rings. The highest BCUT2D eigenvalue weighted by Gasteiger charge is 2.26. The first-order valence-electron chi connectivity index (χ1n) is 5.01. The maximum atomic E-state index is 11.5. The molecule has 1 aliphatic rings. The molecule has 4 nitrogen and oxygen atoms in total. The van der Waals surface area contributed by atoms with Crippen LogP contribution in [0.3, 0.4) is 0 Å². The van der Waals surface area contributed by atoms with Gasteiger partial charge in [0.1, 0.15) is 0 Å². The second kappa shape index (κ2) is 3.98. The minimum atomic E-state index is -0.487. The maximum Gasteiger partial charge on any atom is 0.311 e. The van der Waals surface area contributed by atoms with Crippen LogP contribution >= 0.6 is 0 Å². The molecule has 0 bridgehead atoms. The summed E-state index contributed by atoms with van der Waals surface area (Å²) in [6, 6.07) is 0. The van der Waals surface area contributed by atoms with Crippen LogP contribution in [0.2, 0.25) is 0 Å². The zero-order chi connectivity index (χ0) is 10.8. The number of rotatable bonds is 0. The summed E-state index contributed by atoms with van der Waals surface area (Å²) in [5.74, 6) is -0.878. The highest BCUT2D eigenvalue weighted by Crippen LogP contribution is 2.08. The molecular formula is C10H18N2O2. The summed E-state index contributed by atoms with van der Waals surface area (Å²) in [5.41, 5.74) is -0.341. The third-order valence-corrected chi connectivity index (χ3v) is 2.08. The van der Waals surface area contributed by atoms with E-state index in [4.69, 9.17) is 0 Å². The van der Waals surface area contributed by atoms with Gasteiger partial charge in [-0.15, -0.1) is 0 Å². The van der Waals surface area contributed by atoms with Crippen molar-refractivity contribution in [3.05, 3.63) is 0 Å². The van der Waals surface area contributed by atoms with Crippen LogP contribution in [0.25, 0.3) is 0 Å². The number of likely N-dealkylation sites (tertiary alicyclic amines) is 1. The Morgan fingerprint density at radius 1 is 1.14 bits per heavy atom. The van der Waals surface area contributed by atoms with Crippen LogP contribution in [-0.2, 0) is 9.59 Å². The molecule has 0 aliphatic carbocycles. The highest BCUT2D eigenvalue weighted by molar-refractivity contribution is 6.35. The van der Waals surface area contributed by atoms with Crippen LogP contribution in [0, 0.1) is 0 Å². The van der Waals surface area contributed by atoms with E-state index in [1.165, 1.54) is 0 Å². The fourth-order valence-electron chi connectivity index (χ4n) is 1.46. The monoisotopic (exact) mass is 198 g/mol. The normalized spacial score (nSPS) is 16.9. The third-order valence-electron chi connectivity index (χ3n) is 2.08. The largest absolute Gasteiger partial charge is 0.343 e. The molecule has 0 aromatic carbocycles. The Balaban J connectivity index is 2.48. The van der Waals surface area contributed by atoms with E-state index in [9.17, 15) is 9.59 Å². The van der Waals surface area contributed by atoms with E-state index in [2.05, 4.69) is 5.32 Å². The van der Waals surface area contributed by atoms with Crippen molar-refractivity contribution in [1.82, 2.24) is 10.2 Å². The van der Waals surface area contributed by atoms with Crippen LogP contribution < -0.4 is 5.32 Å². The van der Waals surface area contributed by atoms with Gasteiger partial charge in [-0.3, -0.25) is 9.59 Å². The summed E-state index contributed by atoms with van der Waals surface area (Å²) in [4.78, 5) is 24.6. The van der Waals surface area contributed by atoms with Crippen molar-refractivity contribution in [2.24, 2.45) is 0 Å². The topological polar surface area (TPSA) is 49.4 Å². The predicted octanol–water partition coefficient (Wildman–Crippen LogP) is 0.523. The van der Waals surface area contributed by atoms with Crippen LogP contribution in [0.5, 0.6) is 0 Å². The number of amides is 2. The molecule has 14 heavy (non-hydrogen) atoms. The van der Waals surface area contributed by atoms with Gasteiger partial charge in [0, 0.05) is 18.6 Å². The van der Waals surface area contributed by atoms with E-state index in [1.807, 2.05) is 20.8 Å². The minimum absolute atomic E-state index is 0.341. The van der Waals surface area contributed by atoms with Crippen LogP contribution in [0.1, 0.15) is 33.6 Å². The van der Waals surface area contributed by atoms with Crippen LogP contribution in [0.15, 0.2) is 0 Å². The summed E-state index contributed by atoms with van der Waals surface area (Å²) in [7, 11) is 0. The zero-order valence-corrected chi connectivity index (χ0v) is 9.09. The molecule has 0 radical (unpaired) electrons. The van der Waals surface area contributed by atoms with Gasteiger partial charge >= 0.3 is 11.8 Å². The number of hydrogen-bond acceptors (Lipinski definition) is 2. The Morgan fingerprint density at radius 3 is 2.07 bits per heavy atom. The molecule has 0 saturated carbocycles. The van der Waals surface area contributed by atoms with Gasteiger partial charge in [0.2, 0.25) is 0 Å². The van der Waals surface area contributed by atoms with Crippen molar-refractivity contribution >= 4 is 11.8 Å². The van der Waals surface area contributed by atoms with E-state index in [0.29, 0.717) is 0 Å². The van der Waals surface area contributed by atoms with E-state index < -0.39 is 11.8 Å². The van der Waals surface area contributed by atoms with Crippen LogP contribution in [-0.4, -0.2) is 35.3 Å². The number of nitrogens with zero attached hydrogens (tertiary/aromatic N) is 1. The SMILES string of the molecule is CC(C)(C)NC(=O)C(=O)N1CCCC1. The molecule has 0 atom stereocenters. The fraction of sp³-hybridized carbons (Fsp3) is 0.800. The Labute approximate surface area is 84.7 Å². The van der Waals surface area contributed by atoms with Crippen molar-refractivity contribution in [3.8, 4) is 0 Å². The number of carbonyl (C=O) groups excluding carboxylic acids is 2.